The number of benzene rings is 1. The largest absolute Gasteiger partial charge is 0.370 e. The highest BCUT2D eigenvalue weighted by atomic mass is 15.4. The molecule has 1 heterocycles. The normalized spacial score (nSPS) is 17.9. The van der Waals surface area contributed by atoms with Crippen molar-refractivity contribution in [2.24, 2.45) is 27.2 Å². The summed E-state index contributed by atoms with van der Waals surface area (Å²) in [4.78, 5) is 8.15. The molecular formula is C11H16N6. The van der Waals surface area contributed by atoms with Gasteiger partial charge in [0.05, 0.1) is 0 Å². The summed E-state index contributed by atoms with van der Waals surface area (Å²) in [6, 6.07) is 10.0. The van der Waals surface area contributed by atoms with Gasteiger partial charge >= 0.3 is 0 Å². The zero-order chi connectivity index (χ0) is 12.3. The van der Waals surface area contributed by atoms with E-state index in [9.17, 15) is 0 Å². The van der Waals surface area contributed by atoms with Crippen LogP contribution in [0.2, 0.25) is 0 Å². The predicted molar refractivity (Wildman–Crippen MR) is 68.1 cm³/mol. The van der Waals surface area contributed by atoms with E-state index < -0.39 is 5.79 Å². The second kappa shape index (κ2) is 4.42. The molecule has 0 saturated carbocycles. The van der Waals surface area contributed by atoms with Crippen molar-refractivity contribution in [3.63, 3.8) is 0 Å². The molecule has 6 nitrogen and oxygen atoms in total. The quantitative estimate of drug-likeness (QED) is 0.560. The Morgan fingerprint density at radius 3 is 2.24 bits per heavy atom. The third kappa shape index (κ3) is 2.94. The topological polar surface area (TPSA) is 115 Å². The van der Waals surface area contributed by atoms with Gasteiger partial charge < -0.3 is 11.5 Å². The fraction of sp³-hybridized carbons (Fsp3) is 0.273. The lowest BCUT2D eigenvalue weighted by atomic mass is 10.1. The molecule has 0 aliphatic carbocycles. The van der Waals surface area contributed by atoms with Crippen LogP contribution in [-0.4, -0.2) is 17.7 Å². The summed E-state index contributed by atoms with van der Waals surface area (Å²) in [6.07, 6.45) is 1.32. The van der Waals surface area contributed by atoms with E-state index in [4.69, 9.17) is 17.2 Å². The van der Waals surface area contributed by atoms with Crippen LogP contribution in [0.15, 0.2) is 40.3 Å². The number of rotatable bonds is 3. The van der Waals surface area contributed by atoms with Gasteiger partial charge in [0.15, 0.2) is 11.9 Å². The molecule has 0 aromatic heterocycles. The molecule has 0 fully saturated rings. The molecule has 1 aliphatic heterocycles. The van der Waals surface area contributed by atoms with Crippen molar-refractivity contribution >= 4 is 11.9 Å². The van der Waals surface area contributed by atoms with E-state index in [1.165, 1.54) is 5.56 Å². The lowest BCUT2D eigenvalue weighted by Gasteiger charge is -2.25. The second-order valence-electron chi connectivity index (χ2n) is 3.98. The first kappa shape index (κ1) is 11.4. The van der Waals surface area contributed by atoms with Crippen molar-refractivity contribution in [2.75, 3.05) is 0 Å². The van der Waals surface area contributed by atoms with E-state index in [2.05, 4.69) is 15.3 Å². The van der Waals surface area contributed by atoms with Crippen LogP contribution in [0.5, 0.6) is 0 Å². The number of hydrogen-bond donors (Lipinski definition) is 4. The van der Waals surface area contributed by atoms with Gasteiger partial charge in [-0.05, 0) is 12.0 Å². The van der Waals surface area contributed by atoms with Crippen molar-refractivity contribution in [1.29, 1.82) is 0 Å². The van der Waals surface area contributed by atoms with Crippen molar-refractivity contribution in [3.8, 4) is 0 Å². The fourth-order valence-corrected chi connectivity index (χ4v) is 1.71. The third-order valence-corrected chi connectivity index (χ3v) is 2.51. The molecule has 2 rings (SSSR count). The van der Waals surface area contributed by atoms with Crippen LogP contribution in [0.25, 0.3) is 0 Å². The Kier molecular flexibility index (Phi) is 2.97. The summed E-state index contributed by atoms with van der Waals surface area (Å²) in [5, 5.41) is 2.61. The van der Waals surface area contributed by atoms with E-state index in [0.717, 1.165) is 6.42 Å². The van der Waals surface area contributed by atoms with Gasteiger partial charge in [-0.3, -0.25) is 11.1 Å². The predicted octanol–water partition coefficient (Wildman–Crippen LogP) is -0.536. The van der Waals surface area contributed by atoms with Crippen LogP contribution in [0, 0.1) is 0 Å². The lowest BCUT2D eigenvalue weighted by molar-refractivity contribution is 0.424. The molecule has 0 saturated heterocycles. The molecule has 90 valence electrons. The molecule has 7 N–H and O–H groups in total. The smallest absolute Gasteiger partial charge is 0.209 e. The van der Waals surface area contributed by atoms with Gasteiger partial charge in [-0.1, -0.05) is 30.3 Å². The molecular weight excluding hydrogens is 216 g/mol. The highest BCUT2D eigenvalue weighted by Crippen LogP contribution is 2.16. The second-order valence-corrected chi connectivity index (χ2v) is 3.98. The molecule has 1 aliphatic rings. The number of aliphatic imine (C=N–C) groups is 2. The Hall–Kier alpha value is -2.08. The van der Waals surface area contributed by atoms with Gasteiger partial charge in [0.1, 0.15) is 0 Å². The monoisotopic (exact) mass is 232 g/mol. The minimum absolute atomic E-state index is 0.202. The summed E-state index contributed by atoms with van der Waals surface area (Å²) in [6.45, 7) is 0. The van der Waals surface area contributed by atoms with Crippen LogP contribution in [0.3, 0.4) is 0 Å². The summed E-state index contributed by atoms with van der Waals surface area (Å²) < 4.78 is 0. The number of nitrogens with one attached hydrogen (secondary N) is 1. The van der Waals surface area contributed by atoms with E-state index in [-0.39, 0.29) is 11.9 Å². The molecule has 1 aromatic rings. The van der Waals surface area contributed by atoms with Crippen molar-refractivity contribution in [3.05, 3.63) is 35.9 Å². The first-order valence-corrected chi connectivity index (χ1v) is 5.38. The van der Waals surface area contributed by atoms with Gasteiger partial charge in [-0.25, -0.2) is 9.98 Å². The Balaban J connectivity index is 2.05. The van der Waals surface area contributed by atoms with E-state index in [1.807, 2.05) is 30.3 Å². The van der Waals surface area contributed by atoms with Crippen molar-refractivity contribution in [1.82, 2.24) is 5.32 Å². The standard InChI is InChI=1S/C11H16N6/c12-9-15-10(13)17-11(14,16-9)7-6-8-4-2-1-3-5-8/h1-5H,6-7,14H2,(H5,12,13,15,16,17). The molecule has 6 heteroatoms. The summed E-state index contributed by atoms with van der Waals surface area (Å²) in [7, 11) is 0. The molecule has 0 bridgehead atoms. The third-order valence-electron chi connectivity index (χ3n) is 2.51. The zero-order valence-corrected chi connectivity index (χ0v) is 9.43. The minimum Gasteiger partial charge on any atom is -0.370 e. The van der Waals surface area contributed by atoms with Crippen LogP contribution >= 0.6 is 0 Å². The number of hydrogen-bond acceptors (Lipinski definition) is 6. The first-order chi connectivity index (χ1) is 8.07. The zero-order valence-electron chi connectivity index (χ0n) is 9.43. The molecule has 0 atom stereocenters. The Labute approximate surface area is 99.6 Å². The number of nitrogens with two attached hydrogens (primary N) is 3. The van der Waals surface area contributed by atoms with Crippen molar-refractivity contribution < 1.29 is 0 Å². The SMILES string of the molecule is NC1=NC(N)(CCc2ccccc2)N=C(N)N1. The molecule has 0 spiro atoms. The summed E-state index contributed by atoms with van der Waals surface area (Å²) in [5.74, 6) is -0.656. The highest BCUT2D eigenvalue weighted by Gasteiger charge is 2.27. The van der Waals surface area contributed by atoms with E-state index >= 15 is 0 Å². The minimum atomic E-state index is -1.06. The number of guanidine groups is 2. The van der Waals surface area contributed by atoms with Crippen LogP contribution in [0.4, 0.5) is 0 Å². The van der Waals surface area contributed by atoms with Crippen LogP contribution in [-0.2, 0) is 6.42 Å². The Morgan fingerprint density at radius 2 is 1.65 bits per heavy atom. The number of nitrogens with zero attached hydrogens (tertiary/aromatic N) is 2. The molecule has 0 amide bonds. The molecule has 1 aromatic carbocycles. The highest BCUT2D eigenvalue weighted by molar-refractivity contribution is 5.98. The van der Waals surface area contributed by atoms with Gasteiger partial charge in [0.2, 0.25) is 5.79 Å². The van der Waals surface area contributed by atoms with Gasteiger partial charge in [0, 0.05) is 6.42 Å². The van der Waals surface area contributed by atoms with Crippen LogP contribution < -0.4 is 22.5 Å². The molecule has 0 radical (unpaired) electrons. The fourth-order valence-electron chi connectivity index (χ4n) is 1.71. The summed E-state index contributed by atoms with van der Waals surface area (Å²) in [5.41, 5.74) is 18.3. The van der Waals surface area contributed by atoms with Gasteiger partial charge in [-0.2, -0.15) is 0 Å². The Bertz CT molecular complexity index is 432. The van der Waals surface area contributed by atoms with E-state index in [0.29, 0.717) is 6.42 Å². The summed E-state index contributed by atoms with van der Waals surface area (Å²) >= 11 is 0. The Morgan fingerprint density at radius 1 is 1.06 bits per heavy atom. The maximum atomic E-state index is 6.01. The average molecular weight is 232 g/mol. The molecule has 0 unspecified atom stereocenters. The van der Waals surface area contributed by atoms with Crippen LogP contribution in [0.1, 0.15) is 12.0 Å². The van der Waals surface area contributed by atoms with Gasteiger partial charge in [-0.15, -0.1) is 0 Å². The first-order valence-electron chi connectivity index (χ1n) is 5.38. The van der Waals surface area contributed by atoms with Gasteiger partial charge in [0.25, 0.3) is 0 Å². The number of aryl methyl sites for hydroxylation is 1. The lowest BCUT2D eigenvalue weighted by Crippen LogP contribution is -2.52. The maximum absolute atomic E-state index is 6.01. The average Bonchev–Trinajstić information content (AvgIpc) is 2.26. The van der Waals surface area contributed by atoms with Crippen molar-refractivity contribution in [2.45, 2.75) is 18.6 Å². The van der Waals surface area contributed by atoms with E-state index in [1.54, 1.807) is 0 Å². The molecule has 17 heavy (non-hydrogen) atoms. The maximum Gasteiger partial charge on any atom is 0.209 e.